The van der Waals surface area contributed by atoms with Crippen LogP contribution in [-0.2, 0) is 22.6 Å². The number of ether oxygens (including phenoxy) is 2. The van der Waals surface area contributed by atoms with Gasteiger partial charge in [0.1, 0.15) is 12.4 Å². The van der Waals surface area contributed by atoms with E-state index in [0.717, 1.165) is 17.7 Å². The number of hydrogen-bond donors (Lipinski definition) is 1. The minimum absolute atomic E-state index is 0.127. The van der Waals surface area contributed by atoms with Crippen LogP contribution in [0.2, 0.25) is 0 Å². The number of halogens is 2. The quantitative estimate of drug-likeness (QED) is 0.306. The van der Waals surface area contributed by atoms with E-state index in [9.17, 15) is 13.6 Å². The molecule has 0 aliphatic heterocycles. The van der Waals surface area contributed by atoms with Gasteiger partial charge in [-0.15, -0.1) is 11.3 Å². The summed E-state index contributed by atoms with van der Waals surface area (Å²) in [6, 6.07) is 10.8. The summed E-state index contributed by atoms with van der Waals surface area (Å²) < 4.78 is 36.6. The van der Waals surface area contributed by atoms with Gasteiger partial charge in [-0.2, -0.15) is 5.10 Å². The number of aromatic nitrogens is 1. The molecule has 0 bridgehead atoms. The van der Waals surface area contributed by atoms with Gasteiger partial charge < -0.3 is 9.47 Å². The van der Waals surface area contributed by atoms with Crippen molar-refractivity contribution in [2.75, 3.05) is 12.0 Å². The van der Waals surface area contributed by atoms with E-state index < -0.39 is 11.6 Å². The van der Waals surface area contributed by atoms with Gasteiger partial charge in [0.25, 0.3) is 0 Å². The van der Waals surface area contributed by atoms with Crippen LogP contribution >= 0.6 is 11.3 Å². The fraction of sp³-hybridized carbons (Fsp3) is 0.190. The largest absolute Gasteiger partial charge is 0.489 e. The molecule has 0 aliphatic carbocycles. The highest BCUT2D eigenvalue weighted by atomic mass is 32.1. The summed E-state index contributed by atoms with van der Waals surface area (Å²) in [6.07, 6.45) is 1.74. The summed E-state index contributed by atoms with van der Waals surface area (Å²) >= 11 is 1.34. The lowest BCUT2D eigenvalue weighted by Crippen LogP contribution is -2.07. The first-order valence-corrected chi connectivity index (χ1v) is 9.97. The van der Waals surface area contributed by atoms with Gasteiger partial charge in [-0.1, -0.05) is 6.07 Å². The van der Waals surface area contributed by atoms with Crippen molar-refractivity contribution in [3.63, 3.8) is 0 Å². The summed E-state index contributed by atoms with van der Waals surface area (Å²) in [5.41, 5.74) is 4.80. The van der Waals surface area contributed by atoms with Crippen LogP contribution in [0.5, 0.6) is 5.75 Å². The van der Waals surface area contributed by atoms with Crippen LogP contribution in [0, 0.1) is 11.6 Å². The van der Waals surface area contributed by atoms with Gasteiger partial charge in [0.2, 0.25) is 5.13 Å². The smallest absolute Gasteiger partial charge is 0.311 e. The van der Waals surface area contributed by atoms with E-state index in [1.54, 1.807) is 42.8 Å². The minimum Gasteiger partial charge on any atom is -0.489 e. The molecule has 0 aliphatic rings. The maximum atomic E-state index is 13.2. The number of carbonyl (C=O) groups is 1. The molecule has 1 N–H and O–H groups in total. The monoisotopic (exact) mass is 431 g/mol. The summed E-state index contributed by atoms with van der Waals surface area (Å²) in [5, 5.41) is 6.46. The highest BCUT2D eigenvalue weighted by Gasteiger charge is 2.08. The average Bonchev–Trinajstić information content (AvgIpc) is 3.17. The summed E-state index contributed by atoms with van der Waals surface area (Å²) in [4.78, 5) is 15.7. The van der Waals surface area contributed by atoms with Crippen molar-refractivity contribution in [2.45, 2.75) is 20.0 Å². The number of anilines is 1. The van der Waals surface area contributed by atoms with Crippen LogP contribution in [0.25, 0.3) is 0 Å². The summed E-state index contributed by atoms with van der Waals surface area (Å²) in [7, 11) is 0. The Balaban J connectivity index is 1.48. The zero-order valence-corrected chi connectivity index (χ0v) is 16.9. The van der Waals surface area contributed by atoms with Crippen molar-refractivity contribution in [3.05, 3.63) is 76.3 Å². The van der Waals surface area contributed by atoms with E-state index in [1.165, 1.54) is 17.4 Å². The van der Waals surface area contributed by atoms with Gasteiger partial charge in [-0.25, -0.2) is 13.8 Å². The number of carbonyl (C=O) groups excluding carboxylic acids is 1. The molecular formula is C21H19F2N3O3S. The summed E-state index contributed by atoms with van der Waals surface area (Å²) in [5.74, 6) is -1.51. The fourth-order valence-electron chi connectivity index (χ4n) is 2.41. The lowest BCUT2D eigenvalue weighted by atomic mass is 10.2. The molecule has 0 fully saturated rings. The highest BCUT2D eigenvalue weighted by Crippen LogP contribution is 2.17. The molecule has 3 rings (SSSR count). The Morgan fingerprint density at radius 3 is 2.73 bits per heavy atom. The predicted octanol–water partition coefficient (Wildman–Crippen LogP) is 4.55. The Bertz CT molecular complexity index is 1020. The molecule has 0 unspecified atom stereocenters. The van der Waals surface area contributed by atoms with Crippen LogP contribution < -0.4 is 10.2 Å². The number of hydrogen-bond acceptors (Lipinski definition) is 7. The first-order valence-electron chi connectivity index (χ1n) is 9.09. The van der Waals surface area contributed by atoms with Crippen LogP contribution in [0.3, 0.4) is 0 Å². The van der Waals surface area contributed by atoms with Gasteiger partial charge in [-0.3, -0.25) is 10.2 Å². The van der Waals surface area contributed by atoms with Crippen molar-refractivity contribution in [2.24, 2.45) is 5.10 Å². The zero-order valence-electron chi connectivity index (χ0n) is 16.1. The van der Waals surface area contributed by atoms with Gasteiger partial charge in [-0.05, 0) is 54.4 Å². The number of nitrogens with zero attached hydrogens (tertiary/aromatic N) is 2. The molecule has 0 radical (unpaired) electrons. The molecule has 0 spiro atoms. The third kappa shape index (κ3) is 6.35. The van der Waals surface area contributed by atoms with E-state index in [1.807, 2.05) is 0 Å². The highest BCUT2D eigenvalue weighted by molar-refractivity contribution is 7.13. The number of rotatable bonds is 9. The number of hydrazone groups is 1. The van der Waals surface area contributed by atoms with Crippen LogP contribution in [0.15, 0.2) is 52.9 Å². The zero-order chi connectivity index (χ0) is 21.3. The maximum absolute atomic E-state index is 13.2. The van der Waals surface area contributed by atoms with E-state index in [4.69, 9.17) is 9.47 Å². The number of esters is 1. The molecule has 1 aromatic heterocycles. The number of nitrogens with one attached hydrogen (secondary N) is 1. The molecule has 6 nitrogen and oxygen atoms in total. The van der Waals surface area contributed by atoms with Gasteiger partial charge in [0.05, 0.1) is 24.9 Å². The van der Waals surface area contributed by atoms with Crippen LogP contribution in [0.4, 0.5) is 13.9 Å². The molecule has 0 atom stereocenters. The van der Waals surface area contributed by atoms with Gasteiger partial charge in [0.15, 0.2) is 11.6 Å². The van der Waals surface area contributed by atoms with E-state index in [2.05, 4.69) is 15.5 Å². The Morgan fingerprint density at radius 2 is 2.00 bits per heavy atom. The van der Waals surface area contributed by atoms with Crippen LogP contribution in [-0.4, -0.2) is 23.8 Å². The Kier molecular flexibility index (Phi) is 7.45. The van der Waals surface area contributed by atoms with Crippen molar-refractivity contribution in [1.29, 1.82) is 0 Å². The molecule has 3 aromatic rings. The number of thiazole rings is 1. The molecule has 0 amide bonds. The summed E-state index contributed by atoms with van der Waals surface area (Å²) in [6.45, 7) is 2.23. The van der Waals surface area contributed by atoms with Crippen molar-refractivity contribution < 1.29 is 23.0 Å². The number of benzene rings is 2. The molecular weight excluding hydrogens is 412 g/mol. The molecule has 0 saturated heterocycles. The Labute approximate surface area is 176 Å². The SMILES string of the molecule is CCOC(=O)Cc1csc(NN=Cc2ccc(OCc3ccc(F)c(F)c3)cc2)n1. The van der Waals surface area contributed by atoms with Crippen molar-refractivity contribution in [3.8, 4) is 5.75 Å². The predicted molar refractivity (Wildman–Crippen MR) is 111 cm³/mol. The topological polar surface area (TPSA) is 72.8 Å². The second-order valence-electron chi connectivity index (χ2n) is 6.10. The average molecular weight is 431 g/mol. The molecule has 2 aromatic carbocycles. The van der Waals surface area contributed by atoms with E-state index in [-0.39, 0.29) is 19.0 Å². The van der Waals surface area contributed by atoms with E-state index in [0.29, 0.717) is 28.7 Å². The molecule has 9 heteroatoms. The van der Waals surface area contributed by atoms with Gasteiger partial charge >= 0.3 is 5.97 Å². The first-order chi connectivity index (χ1) is 14.5. The third-order valence-electron chi connectivity index (χ3n) is 3.83. The standard InChI is InChI=1S/C21H19F2N3O3S/c1-2-28-20(27)10-16-13-30-21(25-16)26-24-11-14-3-6-17(7-4-14)29-12-15-5-8-18(22)19(23)9-15/h3-9,11,13H,2,10,12H2,1H3,(H,25,26). The van der Waals surface area contributed by atoms with Crippen LogP contribution in [0.1, 0.15) is 23.7 Å². The third-order valence-corrected chi connectivity index (χ3v) is 4.62. The lowest BCUT2D eigenvalue weighted by molar-refractivity contribution is -0.142. The molecule has 0 saturated carbocycles. The van der Waals surface area contributed by atoms with Gasteiger partial charge in [0, 0.05) is 5.38 Å². The first kappa shape index (κ1) is 21.4. The Hall–Kier alpha value is -3.33. The van der Waals surface area contributed by atoms with Crippen molar-refractivity contribution >= 4 is 28.7 Å². The molecule has 1 heterocycles. The fourth-order valence-corrected chi connectivity index (χ4v) is 3.07. The Morgan fingerprint density at radius 1 is 1.20 bits per heavy atom. The maximum Gasteiger partial charge on any atom is 0.311 e. The second kappa shape index (κ2) is 10.4. The van der Waals surface area contributed by atoms with Crippen molar-refractivity contribution in [1.82, 2.24) is 4.98 Å². The second-order valence-corrected chi connectivity index (χ2v) is 6.96. The lowest BCUT2D eigenvalue weighted by Gasteiger charge is -2.07. The minimum atomic E-state index is -0.900. The molecule has 30 heavy (non-hydrogen) atoms. The normalized spacial score (nSPS) is 10.9. The molecule has 156 valence electrons. The van der Waals surface area contributed by atoms with E-state index >= 15 is 0 Å².